The molecule has 0 radical (unpaired) electrons. The van der Waals surface area contributed by atoms with Crippen LogP contribution < -0.4 is 4.74 Å². The van der Waals surface area contributed by atoms with Crippen LogP contribution in [0.25, 0.3) is 0 Å². The van der Waals surface area contributed by atoms with E-state index in [1.54, 1.807) is 25.1 Å². The molecule has 0 spiro atoms. The number of ether oxygens (including phenoxy) is 1. The van der Waals surface area contributed by atoms with E-state index in [4.69, 9.17) is 9.84 Å². The van der Waals surface area contributed by atoms with Gasteiger partial charge in [0.1, 0.15) is 0 Å². The average molecular weight is 276 g/mol. The molecule has 4 heteroatoms. The van der Waals surface area contributed by atoms with Gasteiger partial charge in [0.2, 0.25) is 0 Å². The molecule has 0 aliphatic carbocycles. The number of phenolic OH excluding ortho intramolecular Hbond substituents is 1. The minimum atomic E-state index is -0.902. The Bertz CT molecular complexity index is 503. The Morgan fingerprint density at radius 1 is 1.45 bits per heavy atom. The van der Waals surface area contributed by atoms with Gasteiger partial charge in [0.05, 0.1) is 6.61 Å². The summed E-state index contributed by atoms with van der Waals surface area (Å²) in [4.78, 5) is 10.6. The molecule has 0 saturated heterocycles. The number of aliphatic carboxylic acids is 1. The predicted octanol–water partition coefficient (Wildman–Crippen LogP) is 3.31. The number of phenols is 1. The van der Waals surface area contributed by atoms with E-state index >= 15 is 0 Å². The Labute approximate surface area is 119 Å². The second kappa shape index (κ2) is 8.04. The Hall–Kier alpha value is -2.23. The van der Waals surface area contributed by atoms with Crippen molar-refractivity contribution in [3.8, 4) is 11.5 Å². The molecule has 0 saturated carbocycles. The van der Waals surface area contributed by atoms with E-state index < -0.39 is 5.97 Å². The van der Waals surface area contributed by atoms with Gasteiger partial charge in [-0.2, -0.15) is 0 Å². The molecule has 0 unspecified atom stereocenters. The summed E-state index contributed by atoms with van der Waals surface area (Å²) in [6, 6.07) is 5.35. The summed E-state index contributed by atoms with van der Waals surface area (Å²) in [5, 5.41) is 18.7. The van der Waals surface area contributed by atoms with E-state index in [0.29, 0.717) is 37.2 Å². The maximum Gasteiger partial charge on any atom is 0.330 e. The highest BCUT2D eigenvalue weighted by atomic mass is 16.5. The summed E-state index contributed by atoms with van der Waals surface area (Å²) >= 11 is 0. The quantitative estimate of drug-likeness (QED) is 0.434. The van der Waals surface area contributed by atoms with E-state index in [2.05, 4.69) is 6.58 Å². The number of rotatable bonds is 8. The van der Waals surface area contributed by atoms with E-state index in [0.717, 1.165) is 5.56 Å². The highest BCUT2D eigenvalue weighted by Gasteiger charge is 2.06. The molecule has 2 N–H and O–H groups in total. The van der Waals surface area contributed by atoms with E-state index in [1.165, 1.54) is 0 Å². The number of carbonyl (C=O) groups is 1. The Morgan fingerprint density at radius 2 is 2.20 bits per heavy atom. The third kappa shape index (κ3) is 4.80. The summed E-state index contributed by atoms with van der Waals surface area (Å²) < 4.78 is 5.51. The van der Waals surface area contributed by atoms with Gasteiger partial charge in [-0.1, -0.05) is 24.3 Å². The minimum absolute atomic E-state index is 0.143. The fraction of sp³-hybridized carbons (Fsp3) is 0.312. The van der Waals surface area contributed by atoms with Crippen molar-refractivity contribution in [3.63, 3.8) is 0 Å². The topological polar surface area (TPSA) is 66.8 Å². The zero-order valence-electron chi connectivity index (χ0n) is 11.6. The molecule has 0 atom stereocenters. The maximum atomic E-state index is 10.6. The summed E-state index contributed by atoms with van der Waals surface area (Å²) in [5.41, 5.74) is 1.11. The Morgan fingerprint density at radius 3 is 2.85 bits per heavy atom. The molecule has 0 fully saturated rings. The van der Waals surface area contributed by atoms with Gasteiger partial charge in [-0.05, 0) is 32.3 Å². The molecule has 108 valence electrons. The van der Waals surface area contributed by atoms with Crippen molar-refractivity contribution >= 4 is 5.97 Å². The third-order valence-electron chi connectivity index (χ3n) is 2.84. The SMILES string of the molecule is C=CCc1cccc(OCCCC=C(C)C(=O)O)c1O. The average Bonchev–Trinajstić information content (AvgIpc) is 2.42. The first-order valence-corrected chi connectivity index (χ1v) is 6.51. The normalized spacial score (nSPS) is 11.2. The van der Waals surface area contributed by atoms with Crippen molar-refractivity contribution in [3.05, 3.63) is 48.1 Å². The first-order chi connectivity index (χ1) is 9.56. The minimum Gasteiger partial charge on any atom is -0.504 e. The first-order valence-electron chi connectivity index (χ1n) is 6.51. The second-order valence-corrected chi connectivity index (χ2v) is 4.44. The standard InChI is InChI=1S/C16H20O4/c1-3-7-13-9-6-10-14(15(13)17)20-11-5-4-8-12(2)16(18)19/h3,6,8-10,17H,1,4-5,7,11H2,2H3,(H,18,19). The van der Waals surface area contributed by atoms with Crippen LogP contribution in [0, 0.1) is 0 Å². The van der Waals surface area contributed by atoms with Gasteiger partial charge in [-0.25, -0.2) is 4.79 Å². The molecular weight excluding hydrogens is 256 g/mol. The Balaban J connectivity index is 2.46. The zero-order chi connectivity index (χ0) is 15.0. The van der Waals surface area contributed by atoms with Crippen LogP contribution in [0.5, 0.6) is 11.5 Å². The number of carboxylic acid groups (broad SMARTS) is 1. The van der Waals surface area contributed by atoms with Gasteiger partial charge in [-0.15, -0.1) is 6.58 Å². The van der Waals surface area contributed by atoms with Gasteiger partial charge < -0.3 is 14.9 Å². The summed E-state index contributed by atoms with van der Waals surface area (Å²) in [5.74, 6) is -0.311. The van der Waals surface area contributed by atoms with Crippen molar-refractivity contribution in [1.82, 2.24) is 0 Å². The van der Waals surface area contributed by atoms with Crippen molar-refractivity contribution in [2.75, 3.05) is 6.61 Å². The maximum absolute atomic E-state index is 10.6. The summed E-state index contributed by atoms with van der Waals surface area (Å²) in [7, 11) is 0. The van der Waals surface area contributed by atoms with E-state index in [-0.39, 0.29) is 5.75 Å². The van der Waals surface area contributed by atoms with Gasteiger partial charge in [0.25, 0.3) is 0 Å². The number of benzene rings is 1. The van der Waals surface area contributed by atoms with Crippen molar-refractivity contribution in [2.45, 2.75) is 26.2 Å². The van der Waals surface area contributed by atoms with Crippen LogP contribution in [-0.2, 0) is 11.2 Å². The lowest BCUT2D eigenvalue weighted by atomic mass is 10.1. The van der Waals surface area contributed by atoms with Crippen LogP contribution in [-0.4, -0.2) is 22.8 Å². The van der Waals surface area contributed by atoms with Gasteiger partial charge >= 0.3 is 5.97 Å². The number of hydrogen-bond acceptors (Lipinski definition) is 3. The summed E-state index contributed by atoms with van der Waals surface area (Å²) in [6.45, 7) is 5.63. The van der Waals surface area contributed by atoms with Gasteiger partial charge in [-0.3, -0.25) is 0 Å². The second-order valence-electron chi connectivity index (χ2n) is 4.44. The molecule has 4 nitrogen and oxygen atoms in total. The number of allylic oxidation sites excluding steroid dienone is 2. The number of hydrogen-bond donors (Lipinski definition) is 2. The van der Waals surface area contributed by atoms with Gasteiger partial charge in [0, 0.05) is 11.1 Å². The predicted molar refractivity (Wildman–Crippen MR) is 78.1 cm³/mol. The first kappa shape index (κ1) is 15.8. The molecule has 0 bridgehead atoms. The smallest absolute Gasteiger partial charge is 0.330 e. The fourth-order valence-corrected chi connectivity index (χ4v) is 1.68. The summed E-state index contributed by atoms with van der Waals surface area (Å²) in [6.07, 6.45) is 5.29. The van der Waals surface area contributed by atoms with Crippen LogP contribution in [0.4, 0.5) is 0 Å². The molecule has 20 heavy (non-hydrogen) atoms. The van der Waals surface area contributed by atoms with Crippen molar-refractivity contribution in [1.29, 1.82) is 0 Å². The largest absolute Gasteiger partial charge is 0.504 e. The molecule has 1 rings (SSSR count). The van der Waals surface area contributed by atoms with Crippen LogP contribution in [0.15, 0.2) is 42.5 Å². The number of unbranched alkanes of at least 4 members (excludes halogenated alkanes) is 1. The number of carboxylic acids is 1. The van der Waals surface area contributed by atoms with Gasteiger partial charge in [0.15, 0.2) is 11.5 Å². The fourth-order valence-electron chi connectivity index (χ4n) is 1.68. The molecule has 0 aromatic heterocycles. The number of aromatic hydroxyl groups is 1. The third-order valence-corrected chi connectivity index (χ3v) is 2.84. The highest BCUT2D eigenvalue weighted by molar-refractivity contribution is 5.85. The zero-order valence-corrected chi connectivity index (χ0v) is 11.6. The monoisotopic (exact) mass is 276 g/mol. The lowest BCUT2D eigenvalue weighted by Gasteiger charge is -2.10. The molecule has 1 aromatic rings. The lowest BCUT2D eigenvalue weighted by Crippen LogP contribution is -1.99. The van der Waals surface area contributed by atoms with Crippen LogP contribution >= 0.6 is 0 Å². The molecule has 0 heterocycles. The van der Waals surface area contributed by atoms with Crippen LogP contribution in [0.2, 0.25) is 0 Å². The molecular formula is C16H20O4. The van der Waals surface area contributed by atoms with Crippen molar-refractivity contribution < 1.29 is 19.7 Å². The van der Waals surface area contributed by atoms with Crippen molar-refractivity contribution in [2.24, 2.45) is 0 Å². The molecule has 0 aliphatic rings. The lowest BCUT2D eigenvalue weighted by molar-refractivity contribution is -0.132. The van der Waals surface area contributed by atoms with E-state index in [1.807, 2.05) is 12.1 Å². The molecule has 0 amide bonds. The molecule has 1 aromatic carbocycles. The van der Waals surface area contributed by atoms with E-state index in [9.17, 15) is 9.90 Å². The number of para-hydroxylation sites is 1. The molecule has 0 aliphatic heterocycles. The highest BCUT2D eigenvalue weighted by Crippen LogP contribution is 2.30. The van der Waals surface area contributed by atoms with Crippen LogP contribution in [0.1, 0.15) is 25.3 Å². The Kier molecular flexibility index (Phi) is 6.37. The van der Waals surface area contributed by atoms with Crippen LogP contribution in [0.3, 0.4) is 0 Å².